The number of hydrogen-bond acceptors (Lipinski definition) is 7. The summed E-state index contributed by atoms with van der Waals surface area (Å²) < 4.78 is 23.0. The molecule has 0 aromatic heterocycles. The summed E-state index contributed by atoms with van der Waals surface area (Å²) in [5.41, 5.74) is 4.81. The van der Waals surface area contributed by atoms with E-state index in [-0.39, 0.29) is 12.5 Å². The number of aliphatic hydroxyl groups excluding tert-OH is 1. The number of anilines is 2. The third kappa shape index (κ3) is 8.58. The van der Waals surface area contributed by atoms with Gasteiger partial charge in [-0.2, -0.15) is 0 Å². The summed E-state index contributed by atoms with van der Waals surface area (Å²) in [6.07, 6.45) is 3.00. The SMILES string of the molecule is C=Cc1cccc(CNC[C@@H](O)[C@H](Cc2ccccc2)NC(=O)c2cc(NCC)cc(N3CCCCS3(O)O)c2)c1. The molecule has 1 saturated heterocycles. The highest BCUT2D eigenvalue weighted by Gasteiger charge is 2.28. The van der Waals surface area contributed by atoms with Crippen molar-refractivity contribution >= 4 is 34.1 Å². The van der Waals surface area contributed by atoms with Crippen LogP contribution in [0, 0.1) is 0 Å². The standard InChI is InChI=1S/C32H42N4O4S/c1-3-24-13-10-14-26(17-24)22-33-23-31(37)30(18-25-11-6-5-7-12-25)35-32(38)27-19-28(34-4-2)21-29(20-27)36-15-8-9-16-41(36,39)40/h3,5-7,10-14,17,19-21,30-31,33-34,37,39-40H,1,4,8-9,15-16,18,22-23H2,2H3,(H,35,38)/t30-,31+/m0/s1. The van der Waals surface area contributed by atoms with Crippen LogP contribution >= 0.6 is 10.8 Å². The van der Waals surface area contributed by atoms with Crippen LogP contribution in [0.4, 0.5) is 11.4 Å². The molecular weight excluding hydrogens is 536 g/mol. The van der Waals surface area contributed by atoms with Crippen molar-refractivity contribution < 1.29 is 19.0 Å². The van der Waals surface area contributed by atoms with E-state index in [1.54, 1.807) is 22.5 Å². The maximum absolute atomic E-state index is 13.7. The quantitative estimate of drug-likeness (QED) is 0.158. The molecule has 0 saturated carbocycles. The molecule has 8 nitrogen and oxygen atoms in total. The third-order valence-corrected chi connectivity index (χ3v) is 9.12. The molecule has 0 spiro atoms. The minimum atomic E-state index is -2.95. The number of amides is 1. The van der Waals surface area contributed by atoms with E-state index in [4.69, 9.17) is 0 Å². The lowest BCUT2D eigenvalue weighted by Crippen LogP contribution is -2.48. The van der Waals surface area contributed by atoms with E-state index in [1.165, 1.54) is 0 Å². The Labute approximate surface area is 245 Å². The van der Waals surface area contributed by atoms with Crippen LogP contribution < -0.4 is 20.3 Å². The van der Waals surface area contributed by atoms with Crippen LogP contribution in [0.3, 0.4) is 0 Å². The van der Waals surface area contributed by atoms with Gasteiger partial charge in [0, 0.05) is 37.4 Å². The Balaban J connectivity index is 1.52. The summed E-state index contributed by atoms with van der Waals surface area (Å²) in [6.45, 7) is 7.80. The monoisotopic (exact) mass is 578 g/mol. The topological polar surface area (TPSA) is 117 Å². The average molecular weight is 579 g/mol. The first-order valence-corrected chi connectivity index (χ1v) is 15.8. The number of hydrogen-bond donors (Lipinski definition) is 6. The van der Waals surface area contributed by atoms with E-state index in [1.807, 2.05) is 67.6 Å². The molecule has 0 aliphatic carbocycles. The molecule has 1 aliphatic rings. The summed E-state index contributed by atoms with van der Waals surface area (Å²) in [4.78, 5) is 13.7. The zero-order valence-corrected chi connectivity index (χ0v) is 24.4. The van der Waals surface area contributed by atoms with E-state index in [0.29, 0.717) is 43.1 Å². The highest BCUT2D eigenvalue weighted by Crippen LogP contribution is 2.50. The number of aliphatic hydroxyl groups is 1. The second-order valence-corrected chi connectivity index (χ2v) is 12.5. The number of carbonyl (C=O) groups is 1. The van der Waals surface area contributed by atoms with Gasteiger partial charge in [-0.15, -0.1) is 10.8 Å². The van der Waals surface area contributed by atoms with Crippen molar-refractivity contribution in [2.45, 2.75) is 44.9 Å². The third-order valence-electron chi connectivity index (χ3n) is 7.18. The Morgan fingerprint density at radius 1 is 1.05 bits per heavy atom. The fraction of sp³-hybridized carbons (Fsp3) is 0.344. The first-order chi connectivity index (χ1) is 19.8. The van der Waals surface area contributed by atoms with Gasteiger partial charge in [-0.25, -0.2) is 0 Å². The van der Waals surface area contributed by atoms with Gasteiger partial charge in [0.25, 0.3) is 5.91 Å². The molecule has 3 aromatic rings. The molecule has 2 atom stereocenters. The van der Waals surface area contributed by atoms with E-state index < -0.39 is 22.9 Å². The minimum Gasteiger partial charge on any atom is -0.390 e. The van der Waals surface area contributed by atoms with Crippen molar-refractivity contribution in [3.05, 3.63) is 102 Å². The van der Waals surface area contributed by atoms with Gasteiger partial charge in [-0.3, -0.25) is 18.2 Å². The van der Waals surface area contributed by atoms with Gasteiger partial charge >= 0.3 is 0 Å². The first kappa shape index (κ1) is 30.6. The molecule has 0 unspecified atom stereocenters. The Hall–Kier alpha value is -3.34. The summed E-state index contributed by atoms with van der Waals surface area (Å²) in [5.74, 6) is -0.0194. The Kier molecular flexibility index (Phi) is 10.8. The molecule has 6 N–H and O–H groups in total. The van der Waals surface area contributed by atoms with Gasteiger partial charge in [-0.05, 0) is 61.1 Å². The number of nitrogens with zero attached hydrogens (tertiary/aromatic N) is 1. The van der Waals surface area contributed by atoms with E-state index in [2.05, 4.69) is 22.5 Å². The Morgan fingerprint density at radius 3 is 2.56 bits per heavy atom. The van der Waals surface area contributed by atoms with Crippen LogP contribution in [0.5, 0.6) is 0 Å². The highest BCUT2D eigenvalue weighted by atomic mass is 32.3. The molecule has 1 fully saturated rings. The predicted molar refractivity (Wildman–Crippen MR) is 171 cm³/mol. The number of rotatable bonds is 13. The van der Waals surface area contributed by atoms with Crippen molar-refractivity contribution in [1.82, 2.24) is 10.6 Å². The van der Waals surface area contributed by atoms with Crippen molar-refractivity contribution in [3.8, 4) is 0 Å². The molecular formula is C32H42N4O4S. The van der Waals surface area contributed by atoms with E-state index in [0.717, 1.165) is 35.2 Å². The summed E-state index contributed by atoms with van der Waals surface area (Å²) in [7, 11) is -2.95. The van der Waals surface area contributed by atoms with Crippen LogP contribution in [0.1, 0.15) is 46.8 Å². The molecule has 1 amide bonds. The van der Waals surface area contributed by atoms with E-state index in [9.17, 15) is 19.0 Å². The summed E-state index contributed by atoms with van der Waals surface area (Å²) in [6, 6.07) is 22.5. The van der Waals surface area contributed by atoms with Gasteiger partial charge in [0.05, 0.1) is 23.6 Å². The molecule has 220 valence electrons. The second-order valence-electron chi connectivity index (χ2n) is 10.4. The van der Waals surface area contributed by atoms with Crippen molar-refractivity contribution in [1.29, 1.82) is 0 Å². The minimum absolute atomic E-state index is 0.285. The lowest BCUT2D eigenvalue weighted by Gasteiger charge is -2.47. The Morgan fingerprint density at radius 2 is 1.83 bits per heavy atom. The van der Waals surface area contributed by atoms with Crippen molar-refractivity contribution in [3.63, 3.8) is 0 Å². The largest absolute Gasteiger partial charge is 0.390 e. The number of benzene rings is 3. The van der Waals surface area contributed by atoms with Crippen LogP contribution in [0.15, 0.2) is 79.4 Å². The van der Waals surface area contributed by atoms with Crippen LogP contribution in [0.25, 0.3) is 6.08 Å². The summed E-state index contributed by atoms with van der Waals surface area (Å²) >= 11 is 0. The van der Waals surface area contributed by atoms with Crippen LogP contribution in [-0.2, 0) is 13.0 Å². The zero-order valence-electron chi connectivity index (χ0n) is 23.6. The molecule has 0 bridgehead atoms. The van der Waals surface area contributed by atoms with Gasteiger partial charge in [-0.1, -0.05) is 67.3 Å². The molecule has 4 rings (SSSR count). The lowest BCUT2D eigenvalue weighted by atomic mass is 10.00. The number of carbonyl (C=O) groups excluding carboxylic acids is 1. The maximum Gasteiger partial charge on any atom is 0.251 e. The summed E-state index contributed by atoms with van der Waals surface area (Å²) in [5, 5.41) is 20.9. The first-order valence-electron chi connectivity index (χ1n) is 14.2. The molecule has 3 aromatic carbocycles. The lowest BCUT2D eigenvalue weighted by molar-refractivity contribution is 0.0830. The van der Waals surface area contributed by atoms with Gasteiger partial charge in [0.1, 0.15) is 0 Å². The predicted octanol–water partition coefficient (Wildman–Crippen LogP) is 5.52. The van der Waals surface area contributed by atoms with Crippen LogP contribution in [-0.4, -0.2) is 57.7 Å². The molecule has 0 radical (unpaired) electrons. The smallest absolute Gasteiger partial charge is 0.251 e. The molecule has 1 aliphatic heterocycles. The van der Waals surface area contributed by atoms with E-state index >= 15 is 0 Å². The highest BCUT2D eigenvalue weighted by molar-refractivity contribution is 8.25. The Bertz CT molecular complexity index is 1300. The average Bonchev–Trinajstić information content (AvgIpc) is 2.97. The molecule has 1 heterocycles. The van der Waals surface area contributed by atoms with Gasteiger partial charge in [0.15, 0.2) is 0 Å². The number of nitrogens with one attached hydrogen (secondary N) is 3. The van der Waals surface area contributed by atoms with Crippen molar-refractivity contribution in [2.75, 3.05) is 35.0 Å². The fourth-order valence-electron chi connectivity index (χ4n) is 5.04. The van der Waals surface area contributed by atoms with Gasteiger partial charge in [0.2, 0.25) is 0 Å². The van der Waals surface area contributed by atoms with Crippen LogP contribution in [0.2, 0.25) is 0 Å². The van der Waals surface area contributed by atoms with Crippen molar-refractivity contribution in [2.24, 2.45) is 0 Å². The van der Waals surface area contributed by atoms with Gasteiger partial charge < -0.3 is 21.1 Å². The fourth-order valence-corrected chi connectivity index (χ4v) is 6.71. The molecule has 9 heteroatoms. The maximum atomic E-state index is 13.7. The molecule has 41 heavy (non-hydrogen) atoms. The second kappa shape index (κ2) is 14.5. The normalized spacial score (nSPS) is 16.8. The zero-order chi connectivity index (χ0) is 29.2.